The molecule has 0 saturated carbocycles. The first-order chi connectivity index (χ1) is 10.8. The average Bonchev–Trinajstić information content (AvgIpc) is 2.32. The Morgan fingerprint density at radius 2 is 1.04 bits per heavy atom. The van der Waals surface area contributed by atoms with Gasteiger partial charge in [-0.25, -0.2) is 4.39 Å². The third-order valence-corrected chi connectivity index (χ3v) is 2.01. The molecule has 0 bridgehead atoms. The van der Waals surface area contributed by atoms with Gasteiger partial charge in [-0.1, -0.05) is 0 Å². The lowest BCUT2D eigenvalue weighted by atomic mass is 10.2. The van der Waals surface area contributed by atoms with Crippen molar-refractivity contribution in [3.8, 4) is 0 Å². The summed E-state index contributed by atoms with van der Waals surface area (Å²) in [6.07, 6.45) is -42.4. The lowest BCUT2D eigenvalue weighted by Crippen LogP contribution is -2.58. The van der Waals surface area contributed by atoms with Gasteiger partial charge in [-0.3, -0.25) is 9.47 Å². The Morgan fingerprint density at radius 1 is 0.640 bits per heavy atom. The van der Waals surface area contributed by atoms with Crippen LogP contribution >= 0.6 is 0 Å². The Hall–Kier alpha value is -1.10. The Balaban J connectivity index is 5.79. The quantitative estimate of drug-likeness (QED) is 0.547. The minimum Gasteiger partial charge on any atom is -0.296 e. The fraction of sp³-hybridized carbons (Fsp3) is 1.00. The third-order valence-electron chi connectivity index (χ3n) is 2.01. The number of alkyl halides is 13. The first-order valence-corrected chi connectivity index (χ1v) is 5.28. The van der Waals surface area contributed by atoms with E-state index < -0.39 is 49.6 Å². The van der Waals surface area contributed by atoms with E-state index in [0.29, 0.717) is 0 Å². The molecule has 0 aromatic rings. The van der Waals surface area contributed by atoms with Gasteiger partial charge < -0.3 is 0 Å². The van der Waals surface area contributed by atoms with E-state index in [1.54, 1.807) is 4.94 Å². The molecule has 0 aliphatic heterocycles. The maximum Gasteiger partial charge on any atom is 0.426 e. The molecule has 17 heteroatoms. The van der Waals surface area contributed by atoms with E-state index in [0.717, 1.165) is 0 Å². The molecular weight excluding hydrogens is 410 g/mol. The van der Waals surface area contributed by atoms with Crippen molar-refractivity contribution in [3.63, 3.8) is 0 Å². The number of hydrogen-bond donors (Lipinski definition) is 0. The zero-order chi connectivity index (χ0) is 20.5. The molecular formula is C8H4F14O3. The Bertz CT molecular complexity index is 429. The number of halogens is 14. The van der Waals surface area contributed by atoms with Crippen LogP contribution in [0.2, 0.25) is 0 Å². The molecule has 3 nitrogen and oxygen atoms in total. The normalized spacial score (nSPS) is 17.5. The SMILES string of the molecule is FCC(F)(F)OC(F)(F)C(OC(F)(F)C(OF)C(F)(F)F)C(F)(F)F. The van der Waals surface area contributed by atoms with Crippen molar-refractivity contribution in [3.05, 3.63) is 0 Å². The van der Waals surface area contributed by atoms with Crippen LogP contribution in [-0.2, 0) is 14.4 Å². The lowest BCUT2D eigenvalue weighted by Gasteiger charge is -2.34. The predicted molar refractivity (Wildman–Crippen MR) is 44.9 cm³/mol. The van der Waals surface area contributed by atoms with Crippen molar-refractivity contribution < 1.29 is 76.0 Å². The summed E-state index contributed by atoms with van der Waals surface area (Å²) in [6.45, 7) is -3.15. The van der Waals surface area contributed by atoms with Crippen LogP contribution in [-0.4, -0.2) is 49.6 Å². The zero-order valence-electron chi connectivity index (χ0n) is 10.9. The van der Waals surface area contributed by atoms with Gasteiger partial charge in [0, 0.05) is 0 Å². The molecule has 2 atom stereocenters. The zero-order valence-corrected chi connectivity index (χ0v) is 10.9. The van der Waals surface area contributed by atoms with Crippen molar-refractivity contribution >= 4 is 0 Å². The van der Waals surface area contributed by atoms with Crippen molar-refractivity contribution in [1.82, 2.24) is 0 Å². The molecule has 0 saturated heterocycles. The first-order valence-electron chi connectivity index (χ1n) is 5.28. The molecule has 2 unspecified atom stereocenters. The van der Waals surface area contributed by atoms with Crippen LogP contribution in [0.3, 0.4) is 0 Å². The van der Waals surface area contributed by atoms with Crippen molar-refractivity contribution in [2.45, 2.75) is 42.9 Å². The average molecular weight is 414 g/mol. The first kappa shape index (κ1) is 23.9. The Labute approximate surface area is 127 Å². The highest BCUT2D eigenvalue weighted by molar-refractivity contribution is 4.84. The molecule has 0 aromatic heterocycles. The fourth-order valence-corrected chi connectivity index (χ4v) is 1.12. The van der Waals surface area contributed by atoms with Gasteiger partial charge in [0.15, 0.2) is 6.67 Å². The summed E-state index contributed by atoms with van der Waals surface area (Å²) in [6, 6.07) is 0. The van der Waals surface area contributed by atoms with Crippen LogP contribution in [0.5, 0.6) is 0 Å². The highest BCUT2D eigenvalue weighted by Gasteiger charge is 2.68. The van der Waals surface area contributed by atoms with Gasteiger partial charge in [0.1, 0.15) is 0 Å². The smallest absolute Gasteiger partial charge is 0.296 e. The number of hydrogen-bond acceptors (Lipinski definition) is 3. The fourth-order valence-electron chi connectivity index (χ4n) is 1.12. The Morgan fingerprint density at radius 3 is 1.32 bits per heavy atom. The van der Waals surface area contributed by atoms with Crippen LogP contribution < -0.4 is 0 Å². The topological polar surface area (TPSA) is 27.7 Å². The van der Waals surface area contributed by atoms with Gasteiger partial charge >= 0.3 is 30.7 Å². The van der Waals surface area contributed by atoms with E-state index in [9.17, 15) is 61.6 Å². The van der Waals surface area contributed by atoms with Gasteiger partial charge in [-0.05, 0) is 4.53 Å². The second-order valence-electron chi connectivity index (χ2n) is 4.05. The summed E-state index contributed by atoms with van der Waals surface area (Å²) in [5, 5.41) is 0. The lowest BCUT2D eigenvalue weighted by molar-refractivity contribution is -0.480. The molecule has 152 valence electrons. The molecule has 0 fully saturated rings. The minimum atomic E-state index is -6.74. The van der Waals surface area contributed by atoms with E-state index in [-0.39, 0.29) is 0 Å². The standard InChI is InChI=1S/C8H4F14O3/c9-1-4(10,11)25-8(20,21)2(5(12,13)14)23-7(18,19)3(24-22)6(15,16)17/h2-3H,1H2. The molecule has 0 rings (SSSR count). The molecule has 25 heavy (non-hydrogen) atoms. The summed E-state index contributed by atoms with van der Waals surface area (Å²) < 4.78 is 177. The second kappa shape index (κ2) is 7.26. The van der Waals surface area contributed by atoms with E-state index >= 15 is 0 Å². The van der Waals surface area contributed by atoms with Crippen molar-refractivity contribution in [2.24, 2.45) is 0 Å². The van der Waals surface area contributed by atoms with Crippen LogP contribution in [0, 0.1) is 0 Å². The second-order valence-corrected chi connectivity index (χ2v) is 4.05. The van der Waals surface area contributed by atoms with E-state index in [1.165, 1.54) is 0 Å². The molecule has 0 radical (unpaired) electrons. The molecule has 0 amide bonds. The summed E-state index contributed by atoms with van der Waals surface area (Å²) in [4.78, 5) is 1.67. The van der Waals surface area contributed by atoms with Crippen molar-refractivity contribution in [2.75, 3.05) is 6.67 Å². The largest absolute Gasteiger partial charge is 0.426 e. The molecule has 0 aliphatic rings. The van der Waals surface area contributed by atoms with E-state index in [4.69, 9.17) is 0 Å². The van der Waals surface area contributed by atoms with E-state index in [1.807, 2.05) is 0 Å². The summed E-state index contributed by atoms with van der Waals surface area (Å²) >= 11 is 0. The molecule has 0 aliphatic carbocycles. The van der Waals surface area contributed by atoms with E-state index in [2.05, 4.69) is 9.47 Å². The van der Waals surface area contributed by atoms with Gasteiger partial charge in [0.25, 0.3) is 6.10 Å². The Kier molecular flexibility index (Phi) is 6.94. The molecule has 0 N–H and O–H groups in total. The summed E-state index contributed by atoms with van der Waals surface area (Å²) in [5.41, 5.74) is 0. The highest BCUT2D eigenvalue weighted by Crippen LogP contribution is 2.44. The van der Waals surface area contributed by atoms with Gasteiger partial charge in [-0.2, -0.15) is 57.6 Å². The molecule has 0 aromatic carbocycles. The third kappa shape index (κ3) is 6.61. The van der Waals surface area contributed by atoms with Crippen LogP contribution in [0.25, 0.3) is 0 Å². The van der Waals surface area contributed by atoms with Gasteiger partial charge in [0.05, 0.1) is 0 Å². The highest BCUT2D eigenvalue weighted by atomic mass is 19.4. The van der Waals surface area contributed by atoms with Gasteiger partial charge in [0.2, 0.25) is 6.10 Å². The maximum atomic E-state index is 13.0. The summed E-state index contributed by atoms with van der Waals surface area (Å²) in [7, 11) is 0. The van der Waals surface area contributed by atoms with Crippen LogP contribution in [0.1, 0.15) is 0 Å². The van der Waals surface area contributed by atoms with Crippen LogP contribution in [0.15, 0.2) is 0 Å². The van der Waals surface area contributed by atoms with Crippen LogP contribution in [0.4, 0.5) is 61.6 Å². The minimum absolute atomic E-state index is 1.67. The number of rotatable bonds is 8. The molecule has 0 heterocycles. The number of ether oxygens (including phenoxy) is 2. The van der Waals surface area contributed by atoms with Crippen molar-refractivity contribution in [1.29, 1.82) is 0 Å². The molecule has 0 spiro atoms. The predicted octanol–water partition coefficient (Wildman–Crippen LogP) is 4.53. The summed E-state index contributed by atoms with van der Waals surface area (Å²) in [5.74, 6) is 0. The maximum absolute atomic E-state index is 13.0. The van der Waals surface area contributed by atoms with Gasteiger partial charge in [-0.15, -0.1) is 0 Å². The monoisotopic (exact) mass is 414 g/mol.